The highest BCUT2D eigenvalue weighted by atomic mass is 16.2. The standard InChI is InChI=1S/C42H40N10O2/c1-26-12-16-49(24-33(26)39-47-22-31-20-45-37-35(51(31)39)10-14-43-37)42(54)30-9-5-6-27(19-30)18-29-13-17-50(41(53)28-7-3-2-4-8-28)25-34(29)40-48-23-32-21-46-38-36(52(32)40)11-15-44-38/h2-11,14-15,19-23,26,29,33-34,43-44H,12-13,16-18,24-25H2,1H3/t26-,29-,33+,34-/m0/s1. The molecule has 12 heteroatoms. The van der Waals surface area contributed by atoms with Gasteiger partial charge in [0.25, 0.3) is 11.8 Å². The van der Waals surface area contributed by atoms with Crippen LogP contribution in [0.1, 0.15) is 69.5 Å². The number of amides is 2. The Morgan fingerprint density at radius 1 is 0.667 bits per heavy atom. The molecule has 12 nitrogen and oxygen atoms in total. The Morgan fingerprint density at radius 2 is 1.24 bits per heavy atom. The zero-order valence-corrected chi connectivity index (χ0v) is 30.0. The molecule has 0 radical (unpaired) electrons. The Balaban J connectivity index is 0.933. The van der Waals surface area contributed by atoms with Gasteiger partial charge in [-0.05, 0) is 73.1 Å². The normalized spacial score (nSPS) is 20.8. The van der Waals surface area contributed by atoms with Crippen molar-refractivity contribution in [1.82, 2.24) is 48.5 Å². The Kier molecular flexibility index (Phi) is 7.78. The third kappa shape index (κ3) is 5.43. The van der Waals surface area contributed by atoms with E-state index in [0.717, 1.165) is 69.8 Å². The fraction of sp³-hybridized carbons (Fsp3) is 0.286. The van der Waals surface area contributed by atoms with E-state index in [-0.39, 0.29) is 29.6 Å². The minimum Gasteiger partial charge on any atom is -0.345 e. The van der Waals surface area contributed by atoms with E-state index in [0.29, 0.717) is 43.2 Å². The summed E-state index contributed by atoms with van der Waals surface area (Å²) >= 11 is 0. The molecule has 8 aromatic rings. The number of aromatic amines is 2. The lowest BCUT2D eigenvalue weighted by Crippen LogP contribution is -2.44. The number of nitrogens with zero attached hydrogens (tertiary/aromatic N) is 8. The number of benzene rings is 2. The molecule has 2 aliphatic rings. The van der Waals surface area contributed by atoms with Crippen molar-refractivity contribution in [3.63, 3.8) is 0 Å². The molecule has 2 aliphatic heterocycles. The van der Waals surface area contributed by atoms with Crippen molar-refractivity contribution < 1.29 is 9.59 Å². The van der Waals surface area contributed by atoms with Gasteiger partial charge in [-0.15, -0.1) is 0 Å². The Bertz CT molecular complexity index is 2670. The lowest BCUT2D eigenvalue weighted by molar-refractivity contribution is 0.0648. The van der Waals surface area contributed by atoms with Gasteiger partial charge in [0.2, 0.25) is 0 Å². The van der Waals surface area contributed by atoms with Gasteiger partial charge < -0.3 is 19.8 Å². The van der Waals surface area contributed by atoms with Crippen LogP contribution in [0.4, 0.5) is 0 Å². The van der Waals surface area contributed by atoms with E-state index in [1.165, 1.54) is 0 Å². The number of H-pyrrole nitrogens is 2. The van der Waals surface area contributed by atoms with Gasteiger partial charge in [-0.1, -0.05) is 37.3 Å². The van der Waals surface area contributed by atoms with Crippen LogP contribution in [-0.2, 0) is 6.42 Å². The number of fused-ring (bicyclic) bond motifs is 6. The number of nitrogens with one attached hydrogen (secondary N) is 2. The summed E-state index contributed by atoms with van der Waals surface area (Å²) in [7, 11) is 0. The summed E-state index contributed by atoms with van der Waals surface area (Å²) in [5.74, 6) is 2.58. The molecule has 4 atom stereocenters. The lowest BCUT2D eigenvalue weighted by Gasteiger charge is -2.38. The van der Waals surface area contributed by atoms with Crippen LogP contribution in [0.15, 0.2) is 104 Å². The highest BCUT2D eigenvalue weighted by Gasteiger charge is 2.37. The molecular formula is C42H40N10O2. The van der Waals surface area contributed by atoms with Crippen molar-refractivity contribution in [2.75, 3.05) is 26.2 Å². The molecule has 0 spiro atoms. The highest BCUT2D eigenvalue weighted by Crippen LogP contribution is 2.37. The SMILES string of the molecule is C[C@H]1CCN(C(=O)c2cccc(C[C@@H]3CCN(C(=O)c4ccccc4)C[C@@H]3c3ncc4cnc5[nH]ccc5n34)c2)C[C@H]1c1ncc2cnc3[nH]ccc3n12. The zero-order chi connectivity index (χ0) is 36.3. The van der Waals surface area contributed by atoms with E-state index in [2.05, 4.69) is 47.8 Å². The molecule has 2 amide bonds. The summed E-state index contributed by atoms with van der Waals surface area (Å²) in [5.41, 5.74) is 7.94. The number of aromatic nitrogens is 8. The van der Waals surface area contributed by atoms with E-state index in [1.54, 1.807) is 0 Å². The van der Waals surface area contributed by atoms with E-state index in [9.17, 15) is 9.59 Å². The van der Waals surface area contributed by atoms with Gasteiger partial charge in [0.05, 0.1) is 46.9 Å². The first-order chi connectivity index (χ1) is 26.5. The maximum absolute atomic E-state index is 14.3. The van der Waals surface area contributed by atoms with Crippen LogP contribution in [0.3, 0.4) is 0 Å². The van der Waals surface area contributed by atoms with Gasteiger partial charge in [0, 0.05) is 61.5 Å². The van der Waals surface area contributed by atoms with Crippen LogP contribution in [0.25, 0.3) is 33.4 Å². The first-order valence-electron chi connectivity index (χ1n) is 18.8. The average molecular weight is 717 g/mol. The number of imidazole rings is 2. The quantitative estimate of drug-likeness (QED) is 0.202. The molecule has 0 bridgehead atoms. The first kappa shape index (κ1) is 32.4. The predicted molar refractivity (Wildman–Crippen MR) is 205 cm³/mol. The van der Waals surface area contributed by atoms with E-state index in [1.807, 2.05) is 102 Å². The van der Waals surface area contributed by atoms with Gasteiger partial charge in [-0.2, -0.15) is 0 Å². The van der Waals surface area contributed by atoms with Crippen LogP contribution in [-0.4, -0.2) is 86.5 Å². The number of hydrogen-bond donors (Lipinski definition) is 2. The van der Waals surface area contributed by atoms with Gasteiger partial charge in [-0.25, -0.2) is 19.9 Å². The fourth-order valence-electron chi connectivity index (χ4n) is 8.92. The Labute approximate surface area is 310 Å². The van der Waals surface area contributed by atoms with Crippen molar-refractivity contribution in [3.8, 4) is 0 Å². The first-order valence-corrected chi connectivity index (χ1v) is 18.8. The molecule has 2 saturated heterocycles. The molecule has 2 aromatic carbocycles. The van der Waals surface area contributed by atoms with Crippen molar-refractivity contribution in [1.29, 1.82) is 0 Å². The number of carbonyl (C=O) groups excluding carboxylic acids is 2. The van der Waals surface area contributed by atoms with Crippen molar-refractivity contribution in [2.24, 2.45) is 11.8 Å². The summed E-state index contributed by atoms with van der Waals surface area (Å²) in [4.78, 5) is 57.4. The van der Waals surface area contributed by atoms with Crippen LogP contribution < -0.4 is 0 Å². The summed E-state index contributed by atoms with van der Waals surface area (Å²) in [6.45, 7) is 4.77. The summed E-state index contributed by atoms with van der Waals surface area (Å²) < 4.78 is 4.37. The minimum absolute atomic E-state index is 0.0349. The Morgan fingerprint density at radius 3 is 1.93 bits per heavy atom. The van der Waals surface area contributed by atoms with Gasteiger partial charge in [0.15, 0.2) is 11.3 Å². The van der Waals surface area contributed by atoms with E-state index in [4.69, 9.17) is 9.97 Å². The molecule has 2 fully saturated rings. The van der Waals surface area contributed by atoms with Crippen molar-refractivity contribution in [3.05, 3.63) is 132 Å². The maximum atomic E-state index is 14.3. The topological polar surface area (TPSA) is 133 Å². The van der Waals surface area contributed by atoms with Gasteiger partial charge >= 0.3 is 0 Å². The molecular weight excluding hydrogens is 677 g/mol. The smallest absolute Gasteiger partial charge is 0.253 e. The fourth-order valence-corrected chi connectivity index (χ4v) is 8.92. The Hall–Kier alpha value is -6.30. The number of piperidine rings is 2. The second-order valence-electron chi connectivity index (χ2n) is 15.0. The summed E-state index contributed by atoms with van der Waals surface area (Å²) in [6.07, 6.45) is 13.7. The number of hydrogen-bond acceptors (Lipinski definition) is 6. The number of likely N-dealkylation sites (tertiary alicyclic amines) is 2. The molecule has 270 valence electrons. The summed E-state index contributed by atoms with van der Waals surface area (Å²) in [5, 5.41) is 0. The molecule has 10 rings (SSSR count). The van der Waals surface area contributed by atoms with Gasteiger partial charge in [-0.3, -0.25) is 18.4 Å². The molecule has 54 heavy (non-hydrogen) atoms. The van der Waals surface area contributed by atoms with Crippen molar-refractivity contribution in [2.45, 2.75) is 38.0 Å². The molecule has 0 aliphatic carbocycles. The van der Waals surface area contributed by atoms with E-state index < -0.39 is 0 Å². The van der Waals surface area contributed by atoms with Crippen LogP contribution in [0, 0.1) is 11.8 Å². The molecule has 6 aromatic heterocycles. The monoisotopic (exact) mass is 716 g/mol. The predicted octanol–water partition coefficient (Wildman–Crippen LogP) is 6.49. The highest BCUT2D eigenvalue weighted by molar-refractivity contribution is 5.95. The van der Waals surface area contributed by atoms with Crippen LogP contribution >= 0.6 is 0 Å². The second kappa shape index (κ2) is 13.0. The molecule has 8 heterocycles. The molecule has 2 N–H and O–H groups in total. The van der Waals surface area contributed by atoms with Crippen molar-refractivity contribution >= 4 is 45.2 Å². The van der Waals surface area contributed by atoms with Crippen LogP contribution in [0.2, 0.25) is 0 Å². The maximum Gasteiger partial charge on any atom is 0.253 e. The minimum atomic E-state index is -0.0378. The third-order valence-electron chi connectivity index (χ3n) is 11.8. The van der Waals surface area contributed by atoms with E-state index >= 15 is 0 Å². The molecule has 0 saturated carbocycles. The average Bonchev–Trinajstić information content (AvgIpc) is 4.04. The van der Waals surface area contributed by atoms with Crippen LogP contribution in [0.5, 0.6) is 0 Å². The zero-order valence-electron chi connectivity index (χ0n) is 30.0. The number of carbonyl (C=O) groups is 2. The lowest BCUT2D eigenvalue weighted by atomic mass is 9.80. The third-order valence-corrected chi connectivity index (χ3v) is 11.8. The largest absolute Gasteiger partial charge is 0.345 e. The molecule has 0 unspecified atom stereocenters. The second-order valence-corrected chi connectivity index (χ2v) is 15.0. The van der Waals surface area contributed by atoms with Gasteiger partial charge in [0.1, 0.15) is 11.6 Å². The number of rotatable bonds is 6. The summed E-state index contributed by atoms with van der Waals surface area (Å²) in [6, 6.07) is 21.7.